The molecule has 62 heavy (non-hydrogen) atoms. The van der Waals surface area contributed by atoms with Gasteiger partial charge in [-0.05, 0) is 112 Å². The molecule has 320 valence electrons. The molecule has 6 heterocycles. The van der Waals surface area contributed by atoms with Crippen molar-refractivity contribution in [2.24, 2.45) is 5.41 Å². The average molecular weight is 837 g/mol. The zero-order valence-corrected chi connectivity index (χ0v) is 35.0. The summed E-state index contributed by atoms with van der Waals surface area (Å²) in [6, 6.07) is 24.3. The summed E-state index contributed by atoms with van der Waals surface area (Å²) < 4.78 is 8.11. The van der Waals surface area contributed by atoms with Crippen LogP contribution in [0.25, 0.3) is 22.3 Å². The van der Waals surface area contributed by atoms with E-state index in [0.717, 1.165) is 104 Å². The highest BCUT2D eigenvalue weighted by molar-refractivity contribution is 6.22. The van der Waals surface area contributed by atoms with Crippen molar-refractivity contribution in [1.29, 1.82) is 0 Å². The van der Waals surface area contributed by atoms with Gasteiger partial charge in [-0.3, -0.25) is 39.2 Å². The molecule has 3 N–H and O–H groups in total. The predicted octanol–water partition coefficient (Wildman–Crippen LogP) is 5.68. The first-order valence-electron chi connectivity index (χ1n) is 22.0. The molecule has 0 bridgehead atoms. The Kier molecular flexibility index (Phi) is 10.5. The molecule has 1 saturated carbocycles. The molecule has 3 aromatic carbocycles. The van der Waals surface area contributed by atoms with Crippen LogP contribution < -0.4 is 20.7 Å². The number of nitrogen functional groups attached to an aromatic ring is 1. The van der Waals surface area contributed by atoms with E-state index in [-0.39, 0.29) is 30.7 Å². The number of amides is 4. The number of para-hydroxylation sites is 1. The van der Waals surface area contributed by atoms with E-state index in [1.807, 2.05) is 66.7 Å². The number of benzene rings is 3. The average Bonchev–Trinajstić information content (AvgIpc) is 3.78. The van der Waals surface area contributed by atoms with Crippen molar-refractivity contribution in [2.45, 2.75) is 82.5 Å². The summed E-state index contributed by atoms with van der Waals surface area (Å²) in [5.41, 5.74) is 11.2. The molecule has 4 amide bonds. The normalized spacial score (nSPS) is 20.3. The molecule has 1 aliphatic carbocycles. The molecule has 3 saturated heterocycles. The molecular weight excluding hydrogens is 785 g/mol. The van der Waals surface area contributed by atoms with Crippen LogP contribution in [-0.4, -0.2) is 116 Å². The standard InChI is InChI=1S/C47H52N10O5/c1-30(7-14-40(59)51-29-58)56-45(60)38-13-10-33(23-39(38)46(56)61)54-21-17-47(18-22-54)24-34(25-47)55-26-35(27-55)53-19-15-32(16-20-53)57-44-41(43(48)49-28-50-44)42(52-57)31-8-11-37(12-9-31)62-36-5-3-2-4-6-36/h2-6,8-13,23,28-30,32,34-35H,7,14-22,24-27H2,1H3,(H2,48,49,50)(H,51,58,59). The summed E-state index contributed by atoms with van der Waals surface area (Å²) in [7, 11) is 0. The van der Waals surface area contributed by atoms with Crippen LogP contribution in [-0.2, 0) is 9.59 Å². The number of nitrogens with one attached hydrogen (secondary N) is 1. The zero-order valence-electron chi connectivity index (χ0n) is 35.0. The zero-order chi connectivity index (χ0) is 42.5. The van der Waals surface area contributed by atoms with Crippen molar-refractivity contribution in [1.82, 2.24) is 39.8 Å². The second kappa shape index (κ2) is 16.3. The SMILES string of the molecule is CC(CCC(=O)NC=O)N1C(=O)c2ccc(N3CCC4(CC3)CC(N3CC(N5CCC(n6nc(-c7ccc(Oc8ccccc8)cc7)c7c(N)ncnc76)CC5)C3)C4)cc2C1=O. The first kappa shape index (κ1) is 39.9. The number of anilines is 2. The van der Waals surface area contributed by atoms with E-state index in [1.165, 1.54) is 24.1 Å². The minimum atomic E-state index is -0.462. The largest absolute Gasteiger partial charge is 0.457 e. The first-order chi connectivity index (χ1) is 30.2. The molecule has 1 spiro atoms. The quantitative estimate of drug-likeness (QED) is 0.117. The summed E-state index contributed by atoms with van der Waals surface area (Å²) in [5, 5.41) is 8.04. The van der Waals surface area contributed by atoms with Gasteiger partial charge < -0.3 is 15.4 Å². The third-order valence-electron chi connectivity index (χ3n) is 14.3. The Morgan fingerprint density at radius 3 is 2.31 bits per heavy atom. The van der Waals surface area contributed by atoms with Gasteiger partial charge in [-0.2, -0.15) is 5.10 Å². The number of hydrogen-bond donors (Lipinski definition) is 2. The molecule has 1 atom stereocenters. The molecule has 2 aromatic heterocycles. The Labute approximate surface area is 360 Å². The van der Waals surface area contributed by atoms with Crippen LogP contribution >= 0.6 is 0 Å². The van der Waals surface area contributed by atoms with Crippen LogP contribution in [0.15, 0.2) is 79.1 Å². The molecule has 5 aromatic rings. The van der Waals surface area contributed by atoms with Crippen molar-refractivity contribution in [3.8, 4) is 22.8 Å². The number of piperidine rings is 2. The lowest BCUT2D eigenvalue weighted by Crippen LogP contribution is -2.67. The van der Waals surface area contributed by atoms with Gasteiger partial charge in [0, 0.05) is 75.1 Å². The predicted molar refractivity (Wildman–Crippen MR) is 234 cm³/mol. The fourth-order valence-electron chi connectivity index (χ4n) is 10.6. The Hall–Kier alpha value is -6.19. The van der Waals surface area contributed by atoms with Crippen LogP contribution in [0.3, 0.4) is 0 Å². The lowest BCUT2D eigenvalue weighted by Gasteiger charge is -2.60. The van der Waals surface area contributed by atoms with Crippen molar-refractivity contribution in [3.63, 3.8) is 0 Å². The number of nitrogens with zero attached hydrogens (tertiary/aromatic N) is 8. The smallest absolute Gasteiger partial charge is 0.261 e. The van der Waals surface area contributed by atoms with E-state index in [4.69, 9.17) is 15.6 Å². The minimum absolute atomic E-state index is 0.0528. The molecule has 0 radical (unpaired) electrons. The summed E-state index contributed by atoms with van der Waals surface area (Å²) in [6.45, 7) is 7.92. The van der Waals surface area contributed by atoms with E-state index >= 15 is 0 Å². The Balaban J connectivity index is 0.695. The topological polar surface area (TPSA) is 172 Å². The molecule has 4 fully saturated rings. The highest BCUT2D eigenvalue weighted by atomic mass is 16.5. The lowest BCUT2D eigenvalue weighted by atomic mass is 9.59. The Bertz CT molecular complexity index is 2500. The number of fused-ring (bicyclic) bond motifs is 2. The fraction of sp³-hybridized carbons (Fsp3) is 0.426. The summed E-state index contributed by atoms with van der Waals surface area (Å²) >= 11 is 0. The van der Waals surface area contributed by atoms with Crippen molar-refractivity contribution in [3.05, 3.63) is 90.3 Å². The lowest BCUT2D eigenvalue weighted by molar-refractivity contribution is -0.125. The van der Waals surface area contributed by atoms with Gasteiger partial charge in [0.1, 0.15) is 29.3 Å². The van der Waals surface area contributed by atoms with E-state index in [1.54, 1.807) is 13.0 Å². The van der Waals surface area contributed by atoms with Crippen molar-refractivity contribution >= 4 is 46.7 Å². The van der Waals surface area contributed by atoms with Gasteiger partial charge >= 0.3 is 0 Å². The number of ether oxygens (including phenoxy) is 1. The third kappa shape index (κ3) is 7.36. The van der Waals surface area contributed by atoms with Crippen molar-refractivity contribution in [2.75, 3.05) is 49.9 Å². The highest BCUT2D eigenvalue weighted by Gasteiger charge is 2.51. The van der Waals surface area contributed by atoms with Crippen LogP contribution in [0, 0.1) is 5.41 Å². The fourth-order valence-corrected chi connectivity index (χ4v) is 10.6. The number of carbonyl (C=O) groups excluding carboxylic acids is 4. The van der Waals surface area contributed by atoms with Crippen LogP contribution in [0.5, 0.6) is 11.5 Å². The first-order valence-corrected chi connectivity index (χ1v) is 22.0. The van der Waals surface area contributed by atoms with E-state index in [2.05, 4.69) is 34.7 Å². The molecule has 5 aliphatic rings. The van der Waals surface area contributed by atoms with Gasteiger partial charge in [-0.15, -0.1) is 0 Å². The summed E-state index contributed by atoms with van der Waals surface area (Å²) in [6.07, 6.45) is 8.95. The second-order valence-corrected chi connectivity index (χ2v) is 17.9. The maximum absolute atomic E-state index is 13.4. The molecular formula is C47H52N10O5. The third-order valence-corrected chi connectivity index (χ3v) is 14.3. The van der Waals surface area contributed by atoms with Gasteiger partial charge in [0.2, 0.25) is 12.3 Å². The number of rotatable bonds is 12. The van der Waals surface area contributed by atoms with Gasteiger partial charge in [-0.25, -0.2) is 14.6 Å². The highest BCUT2D eigenvalue weighted by Crippen LogP contribution is 2.52. The second-order valence-electron chi connectivity index (χ2n) is 17.9. The number of aromatic nitrogens is 4. The number of likely N-dealkylation sites (tertiary alicyclic amines) is 2. The summed E-state index contributed by atoms with van der Waals surface area (Å²) in [4.78, 5) is 66.9. The maximum Gasteiger partial charge on any atom is 0.261 e. The van der Waals surface area contributed by atoms with E-state index in [0.29, 0.717) is 40.9 Å². The maximum atomic E-state index is 13.4. The van der Waals surface area contributed by atoms with Gasteiger partial charge in [0.25, 0.3) is 11.8 Å². The van der Waals surface area contributed by atoms with Gasteiger partial charge in [0.15, 0.2) is 5.65 Å². The molecule has 15 heteroatoms. The van der Waals surface area contributed by atoms with E-state index in [9.17, 15) is 19.2 Å². The number of nitrogens with two attached hydrogens (primary N) is 1. The van der Waals surface area contributed by atoms with Crippen LogP contribution in [0.4, 0.5) is 11.5 Å². The number of imide groups is 2. The van der Waals surface area contributed by atoms with Crippen LogP contribution in [0.1, 0.15) is 85.0 Å². The summed E-state index contributed by atoms with van der Waals surface area (Å²) in [5.74, 6) is 0.891. The monoisotopic (exact) mass is 836 g/mol. The van der Waals surface area contributed by atoms with E-state index < -0.39 is 11.9 Å². The molecule has 10 rings (SSSR count). The van der Waals surface area contributed by atoms with Crippen molar-refractivity contribution < 1.29 is 23.9 Å². The Morgan fingerprint density at radius 2 is 1.58 bits per heavy atom. The number of carbonyl (C=O) groups is 4. The number of hydrogen-bond acceptors (Lipinski definition) is 12. The van der Waals surface area contributed by atoms with Gasteiger partial charge in [-0.1, -0.05) is 18.2 Å². The Morgan fingerprint density at radius 1 is 0.871 bits per heavy atom. The molecule has 1 unspecified atom stereocenters. The molecule has 15 nitrogen and oxygen atoms in total. The van der Waals surface area contributed by atoms with Crippen LogP contribution in [0.2, 0.25) is 0 Å². The molecule has 4 aliphatic heterocycles. The minimum Gasteiger partial charge on any atom is -0.457 e. The van der Waals surface area contributed by atoms with Gasteiger partial charge in [0.05, 0.1) is 22.6 Å².